The third-order valence-electron chi connectivity index (χ3n) is 5.35. The van der Waals surface area contributed by atoms with Crippen LogP contribution in [-0.4, -0.2) is 69.2 Å². The molecular formula is C20H30N3O3+. The Balaban J connectivity index is 1.38. The molecule has 0 bridgehead atoms. The molecule has 6 nitrogen and oxygen atoms in total. The molecule has 2 amide bonds. The van der Waals surface area contributed by atoms with Crippen molar-refractivity contribution in [1.29, 1.82) is 0 Å². The van der Waals surface area contributed by atoms with E-state index in [1.807, 2.05) is 4.90 Å². The molecule has 2 aliphatic rings. The third kappa shape index (κ3) is 5.29. The van der Waals surface area contributed by atoms with Crippen molar-refractivity contribution in [3.8, 4) is 0 Å². The highest BCUT2D eigenvalue weighted by atomic mass is 16.5. The zero-order valence-corrected chi connectivity index (χ0v) is 15.6. The summed E-state index contributed by atoms with van der Waals surface area (Å²) in [5, 5.41) is 3.01. The van der Waals surface area contributed by atoms with Gasteiger partial charge in [0.15, 0.2) is 0 Å². The van der Waals surface area contributed by atoms with Crippen LogP contribution < -0.4 is 10.2 Å². The first kappa shape index (κ1) is 18.9. The molecule has 0 radical (unpaired) electrons. The molecule has 2 N–H and O–H groups in total. The van der Waals surface area contributed by atoms with Crippen LogP contribution in [0.2, 0.25) is 0 Å². The number of amides is 2. The van der Waals surface area contributed by atoms with E-state index in [-0.39, 0.29) is 17.7 Å². The Morgan fingerprint density at radius 1 is 1.27 bits per heavy atom. The SMILES string of the molecule is Cc1ccc(CCN2CC(C(=O)NCC[NH+]3CCOCC3)CC2=O)cc1. The maximum Gasteiger partial charge on any atom is 0.225 e. The van der Waals surface area contributed by atoms with Crippen LogP contribution in [0.5, 0.6) is 0 Å². The summed E-state index contributed by atoms with van der Waals surface area (Å²) in [5.41, 5.74) is 2.46. The van der Waals surface area contributed by atoms with Crippen LogP contribution in [-0.2, 0) is 20.7 Å². The zero-order valence-electron chi connectivity index (χ0n) is 15.6. The van der Waals surface area contributed by atoms with Gasteiger partial charge in [-0.25, -0.2) is 0 Å². The van der Waals surface area contributed by atoms with Gasteiger partial charge in [-0.15, -0.1) is 0 Å². The molecule has 2 aliphatic heterocycles. The lowest BCUT2D eigenvalue weighted by Gasteiger charge is -2.24. The number of nitrogens with zero attached hydrogens (tertiary/aromatic N) is 1. The standard InChI is InChI=1S/C20H29N3O3/c1-16-2-4-17(5-3-16)6-8-23-15-18(14-19(23)24)20(25)21-7-9-22-10-12-26-13-11-22/h2-5,18H,6-15H2,1H3,(H,21,25)/p+1. The first-order valence-corrected chi connectivity index (χ1v) is 9.64. The number of rotatable bonds is 7. The first-order valence-electron chi connectivity index (χ1n) is 9.64. The monoisotopic (exact) mass is 360 g/mol. The van der Waals surface area contributed by atoms with Crippen molar-refractivity contribution in [2.75, 3.05) is 52.5 Å². The molecule has 0 spiro atoms. The Hall–Kier alpha value is -1.92. The van der Waals surface area contributed by atoms with Gasteiger partial charge in [0.2, 0.25) is 11.8 Å². The van der Waals surface area contributed by atoms with Gasteiger partial charge in [-0.05, 0) is 18.9 Å². The molecule has 2 fully saturated rings. The second-order valence-electron chi connectivity index (χ2n) is 7.38. The molecule has 2 saturated heterocycles. The van der Waals surface area contributed by atoms with Gasteiger partial charge in [-0.2, -0.15) is 0 Å². The fourth-order valence-electron chi connectivity index (χ4n) is 3.60. The van der Waals surface area contributed by atoms with E-state index in [1.54, 1.807) is 0 Å². The second kappa shape index (κ2) is 9.14. The Labute approximate surface area is 155 Å². The Morgan fingerprint density at radius 2 is 2.00 bits per heavy atom. The van der Waals surface area contributed by atoms with Gasteiger partial charge >= 0.3 is 0 Å². The van der Waals surface area contributed by atoms with Gasteiger partial charge in [-0.1, -0.05) is 29.8 Å². The van der Waals surface area contributed by atoms with Crippen LogP contribution in [0, 0.1) is 12.8 Å². The number of carbonyl (C=O) groups excluding carboxylic acids is 2. The van der Waals surface area contributed by atoms with E-state index in [1.165, 1.54) is 16.0 Å². The van der Waals surface area contributed by atoms with E-state index >= 15 is 0 Å². The van der Waals surface area contributed by atoms with Gasteiger partial charge in [-0.3, -0.25) is 9.59 Å². The van der Waals surface area contributed by atoms with E-state index in [2.05, 4.69) is 36.5 Å². The molecule has 1 aromatic carbocycles. The Morgan fingerprint density at radius 3 is 2.73 bits per heavy atom. The molecule has 1 aromatic rings. The average molecular weight is 360 g/mol. The summed E-state index contributed by atoms with van der Waals surface area (Å²) in [4.78, 5) is 27.9. The summed E-state index contributed by atoms with van der Waals surface area (Å²) in [7, 11) is 0. The van der Waals surface area contributed by atoms with E-state index < -0.39 is 0 Å². The van der Waals surface area contributed by atoms with Crippen molar-refractivity contribution in [2.24, 2.45) is 5.92 Å². The molecule has 2 heterocycles. The summed E-state index contributed by atoms with van der Waals surface area (Å²) >= 11 is 0. The van der Waals surface area contributed by atoms with E-state index in [0.717, 1.165) is 39.3 Å². The highest BCUT2D eigenvalue weighted by Crippen LogP contribution is 2.18. The minimum Gasteiger partial charge on any atom is -0.370 e. The second-order valence-corrected chi connectivity index (χ2v) is 7.38. The number of quaternary nitrogens is 1. The van der Waals surface area contributed by atoms with Crippen molar-refractivity contribution in [2.45, 2.75) is 19.8 Å². The Kier molecular flexibility index (Phi) is 6.63. The van der Waals surface area contributed by atoms with Crippen LogP contribution >= 0.6 is 0 Å². The molecule has 6 heteroatoms. The van der Waals surface area contributed by atoms with E-state index in [4.69, 9.17) is 4.74 Å². The summed E-state index contributed by atoms with van der Waals surface area (Å²) < 4.78 is 5.34. The van der Waals surface area contributed by atoms with Crippen molar-refractivity contribution in [3.63, 3.8) is 0 Å². The number of benzene rings is 1. The van der Waals surface area contributed by atoms with E-state index in [9.17, 15) is 9.59 Å². The van der Waals surface area contributed by atoms with Crippen molar-refractivity contribution in [1.82, 2.24) is 10.2 Å². The summed E-state index contributed by atoms with van der Waals surface area (Å²) in [6, 6.07) is 8.39. The van der Waals surface area contributed by atoms with Gasteiger partial charge in [0.05, 0.1) is 32.2 Å². The zero-order chi connectivity index (χ0) is 18.4. The molecule has 26 heavy (non-hydrogen) atoms. The maximum absolute atomic E-state index is 12.4. The number of hydrogen-bond donors (Lipinski definition) is 2. The quantitative estimate of drug-likeness (QED) is 0.684. The average Bonchev–Trinajstić information content (AvgIpc) is 3.03. The van der Waals surface area contributed by atoms with Crippen molar-refractivity contribution in [3.05, 3.63) is 35.4 Å². The van der Waals surface area contributed by atoms with Crippen molar-refractivity contribution < 1.29 is 19.2 Å². The van der Waals surface area contributed by atoms with Gasteiger partial charge in [0.25, 0.3) is 0 Å². The molecule has 1 unspecified atom stereocenters. The highest BCUT2D eigenvalue weighted by molar-refractivity contribution is 5.89. The molecule has 0 saturated carbocycles. The minimum atomic E-state index is -0.208. The molecule has 1 atom stereocenters. The fraction of sp³-hybridized carbons (Fsp3) is 0.600. The smallest absolute Gasteiger partial charge is 0.225 e. The fourth-order valence-corrected chi connectivity index (χ4v) is 3.60. The lowest BCUT2D eigenvalue weighted by molar-refractivity contribution is -0.906. The Bertz CT molecular complexity index is 611. The summed E-state index contributed by atoms with van der Waals surface area (Å²) in [5.74, 6) is -0.0971. The first-order chi connectivity index (χ1) is 12.6. The third-order valence-corrected chi connectivity index (χ3v) is 5.35. The van der Waals surface area contributed by atoms with Gasteiger partial charge in [0, 0.05) is 19.5 Å². The van der Waals surface area contributed by atoms with Gasteiger partial charge in [0.1, 0.15) is 13.1 Å². The normalized spacial score (nSPS) is 21.2. The maximum atomic E-state index is 12.4. The predicted octanol–water partition coefficient (Wildman–Crippen LogP) is -0.583. The molecule has 0 aromatic heterocycles. The topological polar surface area (TPSA) is 63.1 Å². The van der Waals surface area contributed by atoms with E-state index in [0.29, 0.717) is 26.1 Å². The van der Waals surface area contributed by atoms with Crippen LogP contribution in [0.4, 0.5) is 0 Å². The molecule has 0 aliphatic carbocycles. The molecule has 142 valence electrons. The van der Waals surface area contributed by atoms with Crippen molar-refractivity contribution >= 4 is 11.8 Å². The summed E-state index contributed by atoms with van der Waals surface area (Å²) in [6.45, 7) is 8.50. The van der Waals surface area contributed by atoms with Crippen LogP contribution in [0.25, 0.3) is 0 Å². The number of nitrogens with one attached hydrogen (secondary N) is 2. The number of carbonyl (C=O) groups is 2. The molecular weight excluding hydrogens is 330 g/mol. The van der Waals surface area contributed by atoms with Crippen LogP contribution in [0.15, 0.2) is 24.3 Å². The lowest BCUT2D eigenvalue weighted by Crippen LogP contribution is -3.14. The van der Waals surface area contributed by atoms with Crippen LogP contribution in [0.1, 0.15) is 17.5 Å². The number of ether oxygens (including phenoxy) is 1. The van der Waals surface area contributed by atoms with Gasteiger partial charge < -0.3 is 19.9 Å². The highest BCUT2D eigenvalue weighted by Gasteiger charge is 2.33. The minimum absolute atomic E-state index is 0.0174. The largest absolute Gasteiger partial charge is 0.370 e. The van der Waals surface area contributed by atoms with Crippen LogP contribution in [0.3, 0.4) is 0 Å². The number of hydrogen-bond acceptors (Lipinski definition) is 3. The lowest BCUT2D eigenvalue weighted by atomic mass is 10.1. The number of likely N-dealkylation sites (tertiary alicyclic amines) is 1. The predicted molar refractivity (Wildman–Crippen MR) is 99.0 cm³/mol. The molecule has 3 rings (SSSR count). The summed E-state index contributed by atoms with van der Waals surface area (Å²) in [6.07, 6.45) is 1.17. The number of morpholine rings is 1. The number of aryl methyl sites for hydroxylation is 1.